The first-order valence-electron chi connectivity index (χ1n) is 7.43. The molecule has 1 aromatic rings. The maximum Gasteiger partial charge on any atom is 0.407 e. The van der Waals surface area contributed by atoms with Gasteiger partial charge in [-0.1, -0.05) is 13.8 Å². The van der Waals surface area contributed by atoms with Gasteiger partial charge in [0.2, 0.25) is 0 Å². The van der Waals surface area contributed by atoms with Gasteiger partial charge in [0.15, 0.2) is 5.78 Å². The number of hydrogen-bond donors (Lipinski definition) is 1. The fraction of sp³-hybridized carbons (Fsp3) is 0.529. The molecule has 0 fully saturated rings. The molecule has 1 rings (SSSR count). The fourth-order valence-electron chi connectivity index (χ4n) is 2.10. The number of benzene rings is 1. The van der Waals surface area contributed by atoms with Crippen LogP contribution >= 0.6 is 0 Å². The predicted octanol–water partition coefficient (Wildman–Crippen LogP) is 3.95. The molecule has 122 valence electrons. The molecule has 0 aliphatic heterocycles. The van der Waals surface area contributed by atoms with Crippen molar-refractivity contribution in [3.05, 3.63) is 35.6 Å². The lowest BCUT2D eigenvalue weighted by molar-refractivity contribution is 0.0484. The summed E-state index contributed by atoms with van der Waals surface area (Å²) in [6.45, 7) is 8.97. The number of rotatable bonds is 5. The summed E-state index contributed by atoms with van der Waals surface area (Å²) in [5, 5.41) is 2.73. The molecular formula is C17H24FNO3. The summed E-state index contributed by atoms with van der Waals surface area (Å²) in [7, 11) is 0. The Morgan fingerprint density at radius 3 is 2.23 bits per heavy atom. The zero-order valence-corrected chi connectivity index (χ0v) is 13.8. The van der Waals surface area contributed by atoms with E-state index < -0.39 is 17.6 Å². The number of carbonyl (C=O) groups is 2. The molecule has 22 heavy (non-hydrogen) atoms. The Kier molecular flexibility index (Phi) is 6.09. The first-order valence-corrected chi connectivity index (χ1v) is 7.43. The van der Waals surface area contributed by atoms with Crippen molar-refractivity contribution >= 4 is 11.9 Å². The van der Waals surface area contributed by atoms with E-state index >= 15 is 0 Å². The van der Waals surface area contributed by atoms with Gasteiger partial charge in [0.05, 0.1) is 0 Å². The fourth-order valence-corrected chi connectivity index (χ4v) is 2.10. The topological polar surface area (TPSA) is 55.4 Å². The molecule has 0 aliphatic carbocycles. The Morgan fingerprint density at radius 1 is 1.23 bits per heavy atom. The molecule has 1 amide bonds. The SMILES string of the molecule is CCC(NC(=O)OC(C)(C)C)C(C)C(=O)c1ccc(F)cc1. The molecule has 0 spiro atoms. The van der Waals surface area contributed by atoms with Crippen LogP contribution in [0.1, 0.15) is 51.4 Å². The molecule has 0 saturated carbocycles. The second-order valence-corrected chi connectivity index (χ2v) is 6.32. The Bertz CT molecular complexity index is 520. The Balaban J connectivity index is 2.75. The maximum absolute atomic E-state index is 12.9. The van der Waals surface area contributed by atoms with E-state index in [9.17, 15) is 14.0 Å². The molecular weight excluding hydrogens is 285 g/mol. The summed E-state index contributed by atoms with van der Waals surface area (Å²) >= 11 is 0. The van der Waals surface area contributed by atoms with Crippen LogP contribution in [0.5, 0.6) is 0 Å². The molecule has 2 atom stereocenters. The highest BCUT2D eigenvalue weighted by Crippen LogP contribution is 2.16. The zero-order valence-electron chi connectivity index (χ0n) is 13.8. The molecule has 0 heterocycles. The van der Waals surface area contributed by atoms with Gasteiger partial charge in [-0.15, -0.1) is 0 Å². The highest BCUT2D eigenvalue weighted by atomic mass is 19.1. The number of ketones is 1. The van der Waals surface area contributed by atoms with Crippen LogP contribution in [-0.4, -0.2) is 23.5 Å². The first-order chi connectivity index (χ1) is 10.1. The Labute approximate surface area is 131 Å². The monoisotopic (exact) mass is 309 g/mol. The predicted molar refractivity (Wildman–Crippen MR) is 83.3 cm³/mol. The van der Waals surface area contributed by atoms with Gasteiger partial charge < -0.3 is 10.1 Å². The molecule has 0 aliphatic rings. The van der Waals surface area contributed by atoms with Crippen LogP contribution in [0, 0.1) is 11.7 Å². The molecule has 2 unspecified atom stereocenters. The first kappa shape index (κ1) is 18.1. The van der Waals surface area contributed by atoms with Crippen molar-refractivity contribution in [3.63, 3.8) is 0 Å². The van der Waals surface area contributed by atoms with Crippen molar-refractivity contribution < 1.29 is 18.7 Å². The molecule has 0 radical (unpaired) electrons. The van der Waals surface area contributed by atoms with Gasteiger partial charge in [0, 0.05) is 17.5 Å². The number of Topliss-reactive ketones (excluding diaryl/α,β-unsaturated/α-hetero) is 1. The minimum absolute atomic E-state index is 0.136. The van der Waals surface area contributed by atoms with Crippen LogP contribution in [-0.2, 0) is 4.74 Å². The third-order valence-electron chi connectivity index (χ3n) is 3.29. The minimum Gasteiger partial charge on any atom is -0.444 e. The lowest BCUT2D eigenvalue weighted by Gasteiger charge is -2.26. The van der Waals surface area contributed by atoms with Gasteiger partial charge in [-0.3, -0.25) is 4.79 Å². The summed E-state index contributed by atoms with van der Waals surface area (Å²) in [4.78, 5) is 24.3. The highest BCUT2D eigenvalue weighted by Gasteiger charge is 2.27. The summed E-state index contributed by atoms with van der Waals surface area (Å²) in [6, 6.07) is 5.07. The van der Waals surface area contributed by atoms with Crippen LogP contribution in [0.2, 0.25) is 0 Å². The average Bonchev–Trinajstić information content (AvgIpc) is 2.42. The van der Waals surface area contributed by atoms with Crippen molar-refractivity contribution in [2.45, 2.75) is 52.7 Å². The molecule has 0 aromatic heterocycles. The zero-order chi connectivity index (χ0) is 16.9. The van der Waals surface area contributed by atoms with Gasteiger partial charge in [-0.2, -0.15) is 0 Å². The van der Waals surface area contributed by atoms with E-state index in [0.29, 0.717) is 12.0 Å². The van der Waals surface area contributed by atoms with E-state index in [1.165, 1.54) is 24.3 Å². The van der Waals surface area contributed by atoms with Crippen LogP contribution in [0.4, 0.5) is 9.18 Å². The summed E-state index contributed by atoms with van der Waals surface area (Å²) in [5.74, 6) is -0.950. The highest BCUT2D eigenvalue weighted by molar-refractivity contribution is 5.98. The van der Waals surface area contributed by atoms with E-state index in [0.717, 1.165) is 0 Å². The molecule has 1 N–H and O–H groups in total. The number of carbonyl (C=O) groups excluding carboxylic acids is 2. The second-order valence-electron chi connectivity index (χ2n) is 6.32. The summed E-state index contributed by atoms with van der Waals surface area (Å²) in [5.41, 5.74) is -0.162. The number of ether oxygens (including phenoxy) is 1. The smallest absolute Gasteiger partial charge is 0.407 e. The van der Waals surface area contributed by atoms with Gasteiger partial charge in [0.25, 0.3) is 0 Å². The van der Waals surface area contributed by atoms with Crippen LogP contribution in [0.25, 0.3) is 0 Å². The third kappa shape index (κ3) is 5.47. The van der Waals surface area contributed by atoms with E-state index in [-0.39, 0.29) is 17.6 Å². The molecule has 1 aromatic carbocycles. The van der Waals surface area contributed by atoms with Gasteiger partial charge in [-0.05, 0) is 51.5 Å². The van der Waals surface area contributed by atoms with Crippen molar-refractivity contribution in [2.75, 3.05) is 0 Å². The normalized spacial score (nSPS) is 14.1. The van der Waals surface area contributed by atoms with E-state index in [1.54, 1.807) is 27.7 Å². The van der Waals surface area contributed by atoms with Crippen molar-refractivity contribution in [2.24, 2.45) is 5.92 Å². The quantitative estimate of drug-likeness (QED) is 0.838. The Hall–Kier alpha value is -1.91. The van der Waals surface area contributed by atoms with Gasteiger partial charge in [-0.25, -0.2) is 9.18 Å². The molecule has 5 heteroatoms. The van der Waals surface area contributed by atoms with Gasteiger partial charge in [0.1, 0.15) is 11.4 Å². The van der Waals surface area contributed by atoms with Crippen LogP contribution in [0.15, 0.2) is 24.3 Å². The maximum atomic E-state index is 12.9. The number of halogens is 1. The number of alkyl carbamates (subject to hydrolysis) is 1. The number of hydrogen-bond acceptors (Lipinski definition) is 3. The molecule has 0 bridgehead atoms. The van der Waals surface area contributed by atoms with E-state index in [2.05, 4.69) is 5.32 Å². The lowest BCUT2D eigenvalue weighted by Crippen LogP contribution is -2.44. The molecule has 0 saturated heterocycles. The third-order valence-corrected chi connectivity index (χ3v) is 3.29. The lowest BCUT2D eigenvalue weighted by atomic mass is 9.91. The van der Waals surface area contributed by atoms with Crippen molar-refractivity contribution in [3.8, 4) is 0 Å². The van der Waals surface area contributed by atoms with Crippen molar-refractivity contribution in [1.82, 2.24) is 5.32 Å². The number of amides is 1. The largest absolute Gasteiger partial charge is 0.444 e. The van der Waals surface area contributed by atoms with Crippen LogP contribution < -0.4 is 5.32 Å². The summed E-state index contributed by atoms with van der Waals surface area (Å²) in [6.07, 6.45) is 0.0472. The summed E-state index contributed by atoms with van der Waals surface area (Å²) < 4.78 is 18.1. The number of nitrogens with one attached hydrogen (secondary N) is 1. The minimum atomic E-state index is -0.591. The van der Waals surface area contributed by atoms with E-state index in [1.807, 2.05) is 6.92 Å². The second kappa shape index (κ2) is 7.38. The molecule has 4 nitrogen and oxygen atoms in total. The van der Waals surface area contributed by atoms with Crippen LogP contribution in [0.3, 0.4) is 0 Å². The average molecular weight is 309 g/mol. The Morgan fingerprint density at radius 2 is 1.77 bits per heavy atom. The van der Waals surface area contributed by atoms with Gasteiger partial charge >= 0.3 is 6.09 Å². The standard InChI is InChI=1S/C17H24FNO3/c1-6-14(19-16(21)22-17(3,4)5)11(2)15(20)12-7-9-13(18)10-8-12/h7-11,14H,6H2,1-5H3,(H,19,21). The van der Waals surface area contributed by atoms with Crippen molar-refractivity contribution in [1.29, 1.82) is 0 Å². The van der Waals surface area contributed by atoms with E-state index in [4.69, 9.17) is 4.74 Å².